The predicted octanol–water partition coefficient (Wildman–Crippen LogP) is 4.73. The summed E-state index contributed by atoms with van der Waals surface area (Å²) in [6.45, 7) is 7.43. The number of rotatable bonds is 4. The van der Waals surface area contributed by atoms with Gasteiger partial charge in [0.1, 0.15) is 0 Å². The normalized spacial score (nSPS) is 10.5. The summed E-state index contributed by atoms with van der Waals surface area (Å²) in [5.41, 5.74) is 4.24. The molecule has 0 aliphatic rings. The number of hydrogen-bond donors (Lipinski definition) is 0. The minimum absolute atomic E-state index is 0.0692. The maximum absolute atomic E-state index is 12.6. The van der Waals surface area contributed by atoms with E-state index in [0.717, 1.165) is 21.2 Å². The Morgan fingerprint density at radius 1 is 1.14 bits per heavy atom. The van der Waals surface area contributed by atoms with Crippen LogP contribution in [-0.4, -0.2) is 17.4 Å². The van der Waals surface area contributed by atoms with Crippen LogP contribution < -0.4 is 0 Å². The Labute approximate surface area is 134 Å². The van der Waals surface area contributed by atoms with Crippen molar-refractivity contribution in [2.75, 3.05) is 6.54 Å². The largest absolute Gasteiger partial charge is 0.335 e. The summed E-state index contributed by atoms with van der Waals surface area (Å²) in [6, 6.07) is 14.1. The van der Waals surface area contributed by atoms with Crippen LogP contribution in [0, 0.1) is 13.8 Å². The van der Waals surface area contributed by atoms with Crippen LogP contribution in [0.4, 0.5) is 0 Å². The fourth-order valence-corrected chi connectivity index (χ4v) is 2.65. The lowest BCUT2D eigenvalue weighted by Gasteiger charge is -2.21. The zero-order valence-corrected chi connectivity index (χ0v) is 14.3. The molecule has 0 aliphatic heterocycles. The predicted molar refractivity (Wildman–Crippen MR) is 90.5 cm³/mol. The molecule has 2 nitrogen and oxygen atoms in total. The molecule has 2 aromatic rings. The summed E-state index contributed by atoms with van der Waals surface area (Å²) in [7, 11) is 0. The van der Waals surface area contributed by atoms with Crippen molar-refractivity contribution in [2.45, 2.75) is 27.3 Å². The Morgan fingerprint density at radius 3 is 2.52 bits per heavy atom. The first kappa shape index (κ1) is 15.8. The molecule has 0 aliphatic carbocycles. The van der Waals surface area contributed by atoms with Gasteiger partial charge in [0.2, 0.25) is 0 Å². The molecule has 0 heterocycles. The van der Waals surface area contributed by atoms with Crippen molar-refractivity contribution in [2.24, 2.45) is 0 Å². The number of aryl methyl sites for hydroxylation is 2. The van der Waals surface area contributed by atoms with Crippen LogP contribution in [0.1, 0.15) is 34.0 Å². The van der Waals surface area contributed by atoms with Gasteiger partial charge in [-0.15, -0.1) is 0 Å². The summed E-state index contributed by atoms with van der Waals surface area (Å²) < 4.78 is 0.972. The van der Waals surface area contributed by atoms with Gasteiger partial charge in [0.25, 0.3) is 5.91 Å². The first-order chi connectivity index (χ1) is 10.0. The van der Waals surface area contributed by atoms with Crippen molar-refractivity contribution in [3.63, 3.8) is 0 Å². The van der Waals surface area contributed by atoms with E-state index in [0.29, 0.717) is 13.1 Å². The van der Waals surface area contributed by atoms with Gasteiger partial charge in [-0.1, -0.05) is 51.8 Å². The average molecular weight is 346 g/mol. The lowest BCUT2D eigenvalue weighted by Crippen LogP contribution is -2.30. The van der Waals surface area contributed by atoms with Crippen LogP contribution in [0.2, 0.25) is 0 Å². The van der Waals surface area contributed by atoms with Crippen molar-refractivity contribution in [3.8, 4) is 0 Å². The zero-order valence-electron chi connectivity index (χ0n) is 12.7. The highest BCUT2D eigenvalue weighted by molar-refractivity contribution is 9.10. The lowest BCUT2D eigenvalue weighted by molar-refractivity contribution is 0.0752. The molecular weight excluding hydrogens is 326 g/mol. The fourth-order valence-electron chi connectivity index (χ4n) is 2.27. The van der Waals surface area contributed by atoms with Gasteiger partial charge in [-0.2, -0.15) is 0 Å². The number of halogens is 1. The lowest BCUT2D eigenvalue weighted by atomic mass is 10.1. The van der Waals surface area contributed by atoms with Crippen LogP contribution in [-0.2, 0) is 6.54 Å². The van der Waals surface area contributed by atoms with E-state index in [1.54, 1.807) is 0 Å². The standard InChI is InChI=1S/C18H20BrNO/c1-4-20(12-15-7-5-6-13(2)10-15)18(21)16-9-8-14(3)17(19)11-16/h5-11H,4,12H2,1-3H3. The van der Waals surface area contributed by atoms with E-state index >= 15 is 0 Å². The van der Waals surface area contributed by atoms with Crippen molar-refractivity contribution in [1.82, 2.24) is 4.90 Å². The molecule has 0 N–H and O–H groups in total. The minimum atomic E-state index is 0.0692. The zero-order chi connectivity index (χ0) is 15.4. The van der Waals surface area contributed by atoms with E-state index in [2.05, 4.69) is 41.1 Å². The fraction of sp³-hybridized carbons (Fsp3) is 0.278. The van der Waals surface area contributed by atoms with E-state index < -0.39 is 0 Å². The van der Waals surface area contributed by atoms with Crippen molar-refractivity contribution >= 4 is 21.8 Å². The molecular formula is C18H20BrNO. The quantitative estimate of drug-likeness (QED) is 0.784. The third kappa shape index (κ3) is 3.94. The van der Waals surface area contributed by atoms with Crippen LogP contribution in [0.5, 0.6) is 0 Å². The van der Waals surface area contributed by atoms with Crippen LogP contribution in [0.25, 0.3) is 0 Å². The number of carbonyl (C=O) groups excluding carboxylic acids is 1. The Balaban J connectivity index is 2.20. The highest BCUT2D eigenvalue weighted by Gasteiger charge is 2.15. The molecule has 1 amide bonds. The van der Waals surface area contributed by atoms with Crippen LogP contribution in [0.3, 0.4) is 0 Å². The molecule has 21 heavy (non-hydrogen) atoms. The molecule has 0 spiro atoms. The average Bonchev–Trinajstić information content (AvgIpc) is 2.47. The molecule has 0 radical (unpaired) electrons. The maximum Gasteiger partial charge on any atom is 0.254 e. The van der Waals surface area contributed by atoms with Gasteiger partial charge in [0.15, 0.2) is 0 Å². The van der Waals surface area contributed by atoms with E-state index in [-0.39, 0.29) is 5.91 Å². The molecule has 0 aromatic heterocycles. The van der Waals surface area contributed by atoms with Crippen molar-refractivity contribution in [3.05, 3.63) is 69.2 Å². The highest BCUT2D eigenvalue weighted by Crippen LogP contribution is 2.19. The molecule has 110 valence electrons. The molecule has 0 saturated carbocycles. The third-order valence-electron chi connectivity index (χ3n) is 3.54. The summed E-state index contributed by atoms with van der Waals surface area (Å²) in [6.07, 6.45) is 0. The highest BCUT2D eigenvalue weighted by atomic mass is 79.9. The Bertz CT molecular complexity index is 651. The smallest absolute Gasteiger partial charge is 0.254 e. The molecule has 2 aromatic carbocycles. The maximum atomic E-state index is 12.6. The van der Waals surface area contributed by atoms with Crippen LogP contribution in [0.15, 0.2) is 46.9 Å². The Morgan fingerprint density at radius 2 is 1.90 bits per heavy atom. The number of nitrogens with zero attached hydrogens (tertiary/aromatic N) is 1. The summed E-state index contributed by atoms with van der Waals surface area (Å²) in [5, 5.41) is 0. The molecule has 3 heteroatoms. The molecule has 0 atom stereocenters. The van der Waals surface area contributed by atoms with Crippen molar-refractivity contribution < 1.29 is 4.79 Å². The summed E-state index contributed by atoms with van der Waals surface area (Å²) in [5.74, 6) is 0.0692. The number of hydrogen-bond acceptors (Lipinski definition) is 1. The summed E-state index contributed by atoms with van der Waals surface area (Å²) >= 11 is 3.49. The van der Waals surface area contributed by atoms with Gasteiger partial charge in [0.05, 0.1) is 0 Å². The van der Waals surface area contributed by atoms with Gasteiger partial charge in [0, 0.05) is 23.1 Å². The molecule has 0 saturated heterocycles. The van der Waals surface area contributed by atoms with E-state index in [9.17, 15) is 4.79 Å². The van der Waals surface area contributed by atoms with Gasteiger partial charge in [-0.05, 0) is 44.0 Å². The monoisotopic (exact) mass is 345 g/mol. The van der Waals surface area contributed by atoms with E-state index in [1.165, 1.54) is 5.56 Å². The number of amides is 1. The van der Waals surface area contributed by atoms with E-state index in [4.69, 9.17) is 0 Å². The second kappa shape index (κ2) is 6.90. The summed E-state index contributed by atoms with van der Waals surface area (Å²) in [4.78, 5) is 14.5. The van der Waals surface area contributed by atoms with Gasteiger partial charge in [-0.25, -0.2) is 0 Å². The molecule has 0 unspecified atom stereocenters. The van der Waals surface area contributed by atoms with Gasteiger partial charge < -0.3 is 4.90 Å². The minimum Gasteiger partial charge on any atom is -0.335 e. The van der Waals surface area contributed by atoms with Crippen LogP contribution >= 0.6 is 15.9 Å². The van der Waals surface area contributed by atoms with E-state index in [1.807, 2.05) is 43.0 Å². The SMILES string of the molecule is CCN(Cc1cccc(C)c1)C(=O)c1ccc(C)c(Br)c1. The topological polar surface area (TPSA) is 20.3 Å². The molecule has 2 rings (SSSR count). The Hall–Kier alpha value is -1.61. The molecule has 0 fully saturated rings. The first-order valence-corrected chi connectivity index (χ1v) is 7.91. The molecule has 0 bridgehead atoms. The number of benzene rings is 2. The van der Waals surface area contributed by atoms with Gasteiger partial charge in [-0.3, -0.25) is 4.79 Å². The van der Waals surface area contributed by atoms with Gasteiger partial charge >= 0.3 is 0 Å². The Kier molecular flexibility index (Phi) is 5.18. The second-order valence-electron chi connectivity index (χ2n) is 5.27. The number of carbonyl (C=O) groups is 1. The van der Waals surface area contributed by atoms with Crippen molar-refractivity contribution in [1.29, 1.82) is 0 Å². The third-order valence-corrected chi connectivity index (χ3v) is 4.40. The first-order valence-electron chi connectivity index (χ1n) is 7.12. The second-order valence-corrected chi connectivity index (χ2v) is 6.13.